The first kappa shape index (κ1) is 14.2. The van der Waals surface area contributed by atoms with E-state index in [0.717, 1.165) is 33.0 Å². The van der Waals surface area contributed by atoms with Gasteiger partial charge in [0.1, 0.15) is 5.75 Å². The van der Waals surface area contributed by atoms with E-state index in [9.17, 15) is 0 Å². The minimum absolute atomic E-state index is 0.749. The summed E-state index contributed by atoms with van der Waals surface area (Å²) < 4.78 is 6.23. The number of rotatable bonds is 4. The summed E-state index contributed by atoms with van der Waals surface area (Å²) >= 11 is 9.65. The van der Waals surface area contributed by atoms with E-state index in [1.165, 1.54) is 0 Å². The first-order valence-electron chi connectivity index (χ1n) is 5.89. The summed E-state index contributed by atoms with van der Waals surface area (Å²) in [7, 11) is 3.71. The average molecular weight is 341 g/mol. The summed E-state index contributed by atoms with van der Waals surface area (Å²) in [6, 6.07) is 13.9. The van der Waals surface area contributed by atoms with E-state index in [4.69, 9.17) is 16.3 Å². The number of methoxy groups -OCH3 is 1. The van der Waals surface area contributed by atoms with Gasteiger partial charge in [0.25, 0.3) is 0 Å². The Morgan fingerprint density at radius 3 is 2.68 bits per heavy atom. The third-order valence-electron chi connectivity index (χ3n) is 2.92. The molecular formula is C15H15BrClNO. The predicted molar refractivity (Wildman–Crippen MR) is 84.3 cm³/mol. The molecule has 0 saturated heterocycles. The van der Waals surface area contributed by atoms with Crippen LogP contribution in [-0.4, -0.2) is 14.2 Å². The Kier molecular flexibility index (Phi) is 4.72. The maximum Gasteiger partial charge on any atom is 0.120 e. The zero-order valence-corrected chi connectivity index (χ0v) is 13.2. The maximum atomic E-state index is 6.24. The van der Waals surface area contributed by atoms with Gasteiger partial charge in [-0.3, -0.25) is 0 Å². The molecule has 0 fully saturated rings. The molecule has 19 heavy (non-hydrogen) atoms. The third kappa shape index (κ3) is 3.64. The van der Waals surface area contributed by atoms with Gasteiger partial charge in [0.05, 0.1) is 7.11 Å². The summed E-state index contributed by atoms with van der Waals surface area (Å²) in [6.07, 6.45) is 0. The Morgan fingerprint density at radius 1 is 1.21 bits per heavy atom. The van der Waals surface area contributed by atoms with Crippen LogP contribution in [0, 0.1) is 0 Å². The molecule has 0 N–H and O–H groups in total. The lowest BCUT2D eigenvalue weighted by Crippen LogP contribution is -2.16. The van der Waals surface area contributed by atoms with Gasteiger partial charge in [-0.2, -0.15) is 0 Å². The summed E-state index contributed by atoms with van der Waals surface area (Å²) in [5.74, 6) is 0.853. The fourth-order valence-electron chi connectivity index (χ4n) is 1.84. The van der Waals surface area contributed by atoms with E-state index in [0.29, 0.717) is 0 Å². The summed E-state index contributed by atoms with van der Waals surface area (Å²) in [5.41, 5.74) is 2.19. The summed E-state index contributed by atoms with van der Waals surface area (Å²) in [4.78, 5) is 2.14. The van der Waals surface area contributed by atoms with E-state index in [1.54, 1.807) is 7.11 Å². The Balaban J connectivity index is 2.17. The van der Waals surface area contributed by atoms with Crippen molar-refractivity contribution < 1.29 is 4.74 Å². The van der Waals surface area contributed by atoms with Crippen molar-refractivity contribution in [2.45, 2.75) is 6.54 Å². The standard InChI is InChI=1S/C15H15BrClNO/c1-18(13-4-3-5-14(9-13)19-2)10-11-6-7-12(16)8-15(11)17/h3-9H,10H2,1-2H3. The normalized spacial score (nSPS) is 10.3. The largest absolute Gasteiger partial charge is 0.497 e. The summed E-state index contributed by atoms with van der Waals surface area (Å²) in [5, 5.41) is 0.768. The molecule has 0 unspecified atom stereocenters. The predicted octanol–water partition coefficient (Wildman–Crippen LogP) is 4.75. The van der Waals surface area contributed by atoms with Crippen LogP contribution in [-0.2, 0) is 6.54 Å². The SMILES string of the molecule is COc1cccc(N(C)Cc2ccc(Br)cc2Cl)c1. The lowest BCUT2D eigenvalue weighted by atomic mass is 10.2. The number of nitrogens with zero attached hydrogens (tertiary/aromatic N) is 1. The second-order valence-corrected chi connectivity index (χ2v) is 5.62. The molecule has 2 nitrogen and oxygen atoms in total. The minimum Gasteiger partial charge on any atom is -0.497 e. The topological polar surface area (TPSA) is 12.5 Å². The fraction of sp³-hybridized carbons (Fsp3) is 0.200. The van der Waals surface area contributed by atoms with Gasteiger partial charge in [0, 0.05) is 34.8 Å². The Hall–Kier alpha value is -1.19. The van der Waals surface area contributed by atoms with Gasteiger partial charge in [-0.1, -0.05) is 39.7 Å². The van der Waals surface area contributed by atoms with Gasteiger partial charge in [0.2, 0.25) is 0 Å². The fourth-order valence-corrected chi connectivity index (χ4v) is 2.58. The lowest BCUT2D eigenvalue weighted by Gasteiger charge is -2.20. The van der Waals surface area contributed by atoms with Crippen molar-refractivity contribution >= 4 is 33.2 Å². The molecule has 0 aliphatic heterocycles. The maximum absolute atomic E-state index is 6.24. The van der Waals surface area contributed by atoms with Gasteiger partial charge in [-0.15, -0.1) is 0 Å². The van der Waals surface area contributed by atoms with Gasteiger partial charge in [-0.25, -0.2) is 0 Å². The zero-order valence-electron chi connectivity index (χ0n) is 10.9. The van der Waals surface area contributed by atoms with Gasteiger partial charge < -0.3 is 9.64 Å². The van der Waals surface area contributed by atoms with Crippen LogP contribution in [0.1, 0.15) is 5.56 Å². The van der Waals surface area contributed by atoms with Gasteiger partial charge in [0.15, 0.2) is 0 Å². The molecule has 0 spiro atoms. The van der Waals surface area contributed by atoms with Crippen LogP contribution < -0.4 is 9.64 Å². The van der Waals surface area contributed by atoms with Crippen LogP contribution in [0.3, 0.4) is 0 Å². The molecule has 0 bridgehead atoms. The molecule has 4 heteroatoms. The highest BCUT2D eigenvalue weighted by Crippen LogP contribution is 2.25. The Morgan fingerprint density at radius 2 is 2.00 bits per heavy atom. The van der Waals surface area contributed by atoms with Crippen molar-refractivity contribution in [1.82, 2.24) is 0 Å². The molecule has 0 radical (unpaired) electrons. The number of benzene rings is 2. The molecule has 2 rings (SSSR count). The molecular weight excluding hydrogens is 326 g/mol. The van der Waals surface area contributed by atoms with Crippen LogP contribution in [0.15, 0.2) is 46.9 Å². The molecule has 100 valence electrons. The van der Waals surface area contributed by atoms with Crippen LogP contribution in [0.4, 0.5) is 5.69 Å². The van der Waals surface area contributed by atoms with Crippen molar-refractivity contribution in [1.29, 1.82) is 0 Å². The smallest absolute Gasteiger partial charge is 0.120 e. The summed E-state index contributed by atoms with van der Waals surface area (Å²) in [6.45, 7) is 0.749. The Labute approximate surface area is 127 Å². The van der Waals surface area contributed by atoms with E-state index in [-0.39, 0.29) is 0 Å². The number of anilines is 1. The first-order chi connectivity index (χ1) is 9.10. The number of halogens is 2. The molecule has 0 amide bonds. The molecule has 0 heterocycles. The van der Waals surface area contributed by atoms with Crippen LogP contribution in [0.25, 0.3) is 0 Å². The van der Waals surface area contributed by atoms with Gasteiger partial charge in [-0.05, 0) is 29.8 Å². The highest BCUT2D eigenvalue weighted by Gasteiger charge is 2.07. The van der Waals surface area contributed by atoms with E-state index in [1.807, 2.05) is 43.4 Å². The van der Waals surface area contributed by atoms with Crippen LogP contribution >= 0.6 is 27.5 Å². The molecule has 2 aromatic carbocycles. The minimum atomic E-state index is 0.749. The molecule has 0 aliphatic carbocycles. The third-order valence-corrected chi connectivity index (χ3v) is 3.76. The highest BCUT2D eigenvalue weighted by molar-refractivity contribution is 9.10. The van der Waals surface area contributed by atoms with Crippen molar-refractivity contribution in [3.05, 3.63) is 57.5 Å². The van der Waals surface area contributed by atoms with E-state index in [2.05, 4.69) is 26.9 Å². The van der Waals surface area contributed by atoms with E-state index >= 15 is 0 Å². The molecule has 0 aliphatic rings. The first-order valence-corrected chi connectivity index (χ1v) is 7.06. The van der Waals surface area contributed by atoms with Crippen LogP contribution in [0.2, 0.25) is 5.02 Å². The number of hydrogen-bond acceptors (Lipinski definition) is 2. The number of ether oxygens (including phenoxy) is 1. The van der Waals surface area contributed by atoms with Crippen LogP contribution in [0.5, 0.6) is 5.75 Å². The Bertz CT molecular complexity index is 574. The highest BCUT2D eigenvalue weighted by atomic mass is 79.9. The van der Waals surface area contributed by atoms with Crippen molar-refractivity contribution in [3.63, 3.8) is 0 Å². The molecule has 0 aromatic heterocycles. The molecule has 0 saturated carbocycles. The van der Waals surface area contributed by atoms with Crippen molar-refractivity contribution in [2.24, 2.45) is 0 Å². The lowest BCUT2D eigenvalue weighted by molar-refractivity contribution is 0.415. The average Bonchev–Trinajstić information content (AvgIpc) is 2.42. The van der Waals surface area contributed by atoms with Crippen molar-refractivity contribution in [2.75, 3.05) is 19.1 Å². The second-order valence-electron chi connectivity index (χ2n) is 4.29. The van der Waals surface area contributed by atoms with Gasteiger partial charge >= 0.3 is 0 Å². The quantitative estimate of drug-likeness (QED) is 0.796. The second kappa shape index (κ2) is 6.31. The zero-order chi connectivity index (χ0) is 13.8. The monoisotopic (exact) mass is 339 g/mol. The number of hydrogen-bond donors (Lipinski definition) is 0. The van der Waals surface area contributed by atoms with Crippen molar-refractivity contribution in [3.8, 4) is 5.75 Å². The van der Waals surface area contributed by atoms with E-state index < -0.39 is 0 Å². The molecule has 2 aromatic rings. The molecule has 0 atom stereocenters.